The number of hydrogen-bond acceptors (Lipinski definition) is 8. The number of benzene rings is 1. The maximum atomic E-state index is 13.3. The Morgan fingerprint density at radius 1 is 1.10 bits per heavy atom. The molecule has 2 atom stereocenters. The Balaban J connectivity index is 1.23. The van der Waals surface area contributed by atoms with Crippen LogP contribution in [0.1, 0.15) is 56.3 Å². The lowest BCUT2D eigenvalue weighted by Gasteiger charge is -2.44. The van der Waals surface area contributed by atoms with Crippen molar-refractivity contribution in [3.8, 4) is 5.75 Å². The van der Waals surface area contributed by atoms with Gasteiger partial charge < -0.3 is 20.7 Å². The second-order valence-electron chi connectivity index (χ2n) is 10.3. The van der Waals surface area contributed by atoms with E-state index < -0.39 is 11.9 Å². The number of rotatable bonds is 7. The summed E-state index contributed by atoms with van der Waals surface area (Å²) < 4.78 is 45.3. The molecule has 2 aliphatic rings. The van der Waals surface area contributed by atoms with Gasteiger partial charge in [-0.25, -0.2) is 4.98 Å². The number of piperidine rings is 1. The lowest BCUT2D eigenvalue weighted by molar-refractivity contribution is -0.143. The summed E-state index contributed by atoms with van der Waals surface area (Å²) in [5, 5.41) is 3.90. The number of hydrogen-bond donors (Lipinski definition) is 2. The van der Waals surface area contributed by atoms with E-state index in [1.165, 1.54) is 36.7 Å². The zero-order chi connectivity index (χ0) is 27.6. The minimum atomic E-state index is -4.55. The molecule has 1 saturated carbocycles. The molecule has 7 nitrogen and oxygen atoms in total. The summed E-state index contributed by atoms with van der Waals surface area (Å²) in [6, 6.07) is 11.7. The number of alkyl halides is 3. The number of aromatic nitrogens is 3. The minimum absolute atomic E-state index is 0.0309. The Morgan fingerprint density at radius 3 is 2.51 bits per heavy atom. The summed E-state index contributed by atoms with van der Waals surface area (Å²) in [7, 11) is 1.67. The summed E-state index contributed by atoms with van der Waals surface area (Å²) in [6.45, 7) is 3.83. The summed E-state index contributed by atoms with van der Waals surface area (Å²) >= 11 is 0.878. The molecule has 0 amide bonds. The molecule has 1 aliphatic heterocycles. The van der Waals surface area contributed by atoms with Crippen molar-refractivity contribution in [3.05, 3.63) is 60.0 Å². The summed E-state index contributed by atoms with van der Waals surface area (Å²) in [5.74, 6) is 1.53. The molecule has 0 bridgehead atoms. The number of methoxy groups -OCH3 is 1. The first-order chi connectivity index (χ1) is 18.7. The van der Waals surface area contributed by atoms with E-state index in [1.54, 1.807) is 7.11 Å². The Bertz CT molecular complexity index is 1280. The number of halogens is 3. The molecule has 2 fully saturated rings. The lowest BCUT2D eigenvalue weighted by Crippen LogP contribution is -2.49. The van der Waals surface area contributed by atoms with Gasteiger partial charge in [0.2, 0.25) is 5.95 Å². The highest BCUT2D eigenvalue weighted by atomic mass is 32.2. The molecule has 5 rings (SSSR count). The van der Waals surface area contributed by atoms with Crippen LogP contribution in [0.15, 0.2) is 58.6 Å². The predicted octanol–water partition coefficient (Wildman–Crippen LogP) is 6.12. The van der Waals surface area contributed by atoms with Gasteiger partial charge in [0.1, 0.15) is 11.6 Å². The third kappa shape index (κ3) is 5.94. The summed E-state index contributed by atoms with van der Waals surface area (Å²) in [4.78, 5) is 14.9. The standard InChI is InChI=1S/C28H33F3N6OS/c1-18(19-7-9-20(38-2)10-8-19)35-23-6-3-11-27(23)12-15-37(16-13-27)26-34-17-22(25(32)36-26)39-21-5-4-14-33-24(21)28(29,30)31/h4-5,7-10,14,17-18,23,35H,3,6,11-13,15-16H2,1-2H3,(H2,32,34,36)/t18-,23+/m1/s1. The maximum Gasteiger partial charge on any atom is 0.434 e. The first-order valence-electron chi connectivity index (χ1n) is 13.2. The van der Waals surface area contributed by atoms with Crippen molar-refractivity contribution in [2.24, 2.45) is 5.41 Å². The van der Waals surface area contributed by atoms with E-state index in [-0.39, 0.29) is 22.2 Å². The van der Waals surface area contributed by atoms with Crippen LogP contribution in [0.25, 0.3) is 0 Å². The molecule has 39 heavy (non-hydrogen) atoms. The molecular weight excluding hydrogens is 525 g/mol. The molecule has 1 spiro atoms. The zero-order valence-electron chi connectivity index (χ0n) is 22.0. The highest BCUT2D eigenvalue weighted by Gasteiger charge is 2.45. The first-order valence-corrected chi connectivity index (χ1v) is 14.0. The molecule has 1 aliphatic carbocycles. The number of nitrogens with one attached hydrogen (secondary N) is 1. The van der Waals surface area contributed by atoms with Crippen LogP contribution in [0, 0.1) is 5.41 Å². The first kappa shape index (κ1) is 27.5. The van der Waals surface area contributed by atoms with Gasteiger partial charge in [0.05, 0.1) is 12.0 Å². The normalized spacial score (nSPS) is 19.8. The van der Waals surface area contributed by atoms with Gasteiger partial charge in [0.15, 0.2) is 5.69 Å². The van der Waals surface area contributed by atoms with Crippen molar-refractivity contribution >= 4 is 23.5 Å². The summed E-state index contributed by atoms with van der Waals surface area (Å²) in [6.07, 6.45) is 3.68. The van der Waals surface area contributed by atoms with E-state index in [9.17, 15) is 13.2 Å². The highest BCUT2D eigenvalue weighted by Crippen LogP contribution is 2.48. The maximum absolute atomic E-state index is 13.3. The van der Waals surface area contributed by atoms with Crippen LogP contribution < -0.4 is 20.7 Å². The molecule has 2 aromatic heterocycles. The average molecular weight is 559 g/mol. The molecule has 0 radical (unpaired) electrons. The van der Waals surface area contributed by atoms with Gasteiger partial charge in [-0.05, 0) is 67.9 Å². The smallest absolute Gasteiger partial charge is 0.434 e. The number of nitrogens with two attached hydrogens (primary N) is 1. The van der Waals surface area contributed by atoms with Gasteiger partial charge in [0.25, 0.3) is 0 Å². The fraction of sp³-hybridized carbons (Fsp3) is 0.464. The van der Waals surface area contributed by atoms with E-state index in [2.05, 4.69) is 44.2 Å². The van der Waals surface area contributed by atoms with Gasteiger partial charge in [-0.1, -0.05) is 30.3 Å². The third-order valence-corrected chi connectivity index (χ3v) is 9.13. The lowest BCUT2D eigenvalue weighted by atomic mass is 9.73. The van der Waals surface area contributed by atoms with E-state index >= 15 is 0 Å². The van der Waals surface area contributed by atoms with E-state index in [0.29, 0.717) is 16.9 Å². The largest absolute Gasteiger partial charge is 0.497 e. The van der Waals surface area contributed by atoms with Crippen molar-refractivity contribution in [1.82, 2.24) is 20.3 Å². The molecule has 208 valence electrons. The van der Waals surface area contributed by atoms with Crippen LogP contribution in [-0.2, 0) is 6.18 Å². The Hall–Kier alpha value is -3.05. The Kier molecular flexibility index (Phi) is 7.91. The van der Waals surface area contributed by atoms with Crippen molar-refractivity contribution in [3.63, 3.8) is 0 Å². The van der Waals surface area contributed by atoms with Crippen LogP contribution >= 0.6 is 11.8 Å². The number of pyridine rings is 1. The quantitative estimate of drug-likeness (QED) is 0.359. The molecule has 3 aromatic rings. The van der Waals surface area contributed by atoms with Crippen molar-refractivity contribution in [2.45, 2.75) is 67.1 Å². The number of nitrogens with zero attached hydrogens (tertiary/aromatic N) is 4. The Morgan fingerprint density at radius 2 is 1.85 bits per heavy atom. The van der Waals surface area contributed by atoms with Crippen LogP contribution in [0.3, 0.4) is 0 Å². The third-order valence-electron chi connectivity index (χ3n) is 8.05. The minimum Gasteiger partial charge on any atom is -0.497 e. The molecule has 3 N–H and O–H groups in total. The topological polar surface area (TPSA) is 89.2 Å². The van der Waals surface area contributed by atoms with Gasteiger partial charge in [-0.3, -0.25) is 4.98 Å². The average Bonchev–Trinajstić information content (AvgIpc) is 3.31. The van der Waals surface area contributed by atoms with Crippen molar-refractivity contribution < 1.29 is 17.9 Å². The molecule has 1 aromatic carbocycles. The van der Waals surface area contributed by atoms with Crippen LogP contribution in [0.5, 0.6) is 5.75 Å². The molecule has 3 heterocycles. The zero-order valence-corrected chi connectivity index (χ0v) is 22.9. The van der Waals surface area contributed by atoms with Gasteiger partial charge in [-0.2, -0.15) is 18.2 Å². The molecule has 0 unspecified atom stereocenters. The van der Waals surface area contributed by atoms with Crippen LogP contribution in [0.2, 0.25) is 0 Å². The van der Waals surface area contributed by atoms with Gasteiger partial charge in [0, 0.05) is 42.5 Å². The monoisotopic (exact) mass is 558 g/mol. The van der Waals surface area contributed by atoms with E-state index in [1.807, 2.05) is 12.1 Å². The second kappa shape index (κ2) is 11.2. The SMILES string of the molecule is COc1ccc([C@@H](C)N[C@H]2CCCC23CCN(c2ncc(Sc4cccnc4C(F)(F)F)c(N)n2)CC3)cc1. The van der Waals surface area contributed by atoms with E-state index in [0.717, 1.165) is 56.1 Å². The highest BCUT2D eigenvalue weighted by molar-refractivity contribution is 7.99. The second-order valence-corrected chi connectivity index (χ2v) is 11.4. The number of anilines is 2. The van der Waals surface area contributed by atoms with E-state index in [4.69, 9.17) is 10.5 Å². The molecule has 1 saturated heterocycles. The molecular formula is C28H33F3N6OS. The molecule has 11 heteroatoms. The number of nitrogen functional groups attached to an aromatic ring is 1. The van der Waals surface area contributed by atoms with Gasteiger partial charge >= 0.3 is 6.18 Å². The summed E-state index contributed by atoms with van der Waals surface area (Å²) in [5.41, 5.74) is 6.71. The van der Waals surface area contributed by atoms with Crippen molar-refractivity contribution in [2.75, 3.05) is 30.8 Å². The van der Waals surface area contributed by atoms with Gasteiger partial charge in [-0.15, -0.1) is 0 Å². The fourth-order valence-electron chi connectivity index (χ4n) is 5.85. The van der Waals surface area contributed by atoms with Crippen LogP contribution in [-0.4, -0.2) is 41.2 Å². The predicted molar refractivity (Wildman–Crippen MR) is 146 cm³/mol. The fourth-order valence-corrected chi connectivity index (χ4v) is 6.75. The Labute approximate surface area is 230 Å². The van der Waals surface area contributed by atoms with Crippen molar-refractivity contribution in [1.29, 1.82) is 0 Å². The number of ether oxygens (including phenoxy) is 1. The van der Waals surface area contributed by atoms with Crippen LogP contribution in [0.4, 0.5) is 24.9 Å².